The molecular weight excluding hydrogens is 588 g/mol. The number of thiophene rings is 1. The molecule has 4 rings (SSSR count). The number of benzene rings is 2. The van der Waals surface area contributed by atoms with Gasteiger partial charge in [0.15, 0.2) is 11.0 Å². The van der Waals surface area contributed by atoms with Crippen molar-refractivity contribution in [2.24, 2.45) is 0 Å². The highest BCUT2D eigenvalue weighted by Gasteiger charge is 2.23. The van der Waals surface area contributed by atoms with E-state index in [1.807, 2.05) is 73.2 Å². The van der Waals surface area contributed by atoms with Crippen molar-refractivity contribution < 1.29 is 19.1 Å². The van der Waals surface area contributed by atoms with E-state index < -0.39 is 5.97 Å². The largest absolute Gasteiger partial charge is 0.486 e. The molecule has 0 bridgehead atoms. The van der Waals surface area contributed by atoms with Crippen LogP contribution in [0.4, 0.5) is 5.00 Å². The van der Waals surface area contributed by atoms with E-state index in [4.69, 9.17) is 9.47 Å². The maximum atomic E-state index is 12.9. The zero-order valence-electron chi connectivity index (χ0n) is 21.4. The lowest BCUT2D eigenvalue weighted by atomic mass is 9.97. The van der Waals surface area contributed by atoms with Gasteiger partial charge in [0.05, 0.1) is 12.9 Å². The van der Waals surface area contributed by atoms with E-state index in [0.717, 1.165) is 32.5 Å². The number of rotatable bonds is 10. The minimum absolute atomic E-state index is 0.100. The van der Waals surface area contributed by atoms with Gasteiger partial charge in [-0.1, -0.05) is 51.5 Å². The molecule has 198 valence electrons. The Labute approximate surface area is 237 Å². The van der Waals surface area contributed by atoms with Crippen LogP contribution in [-0.2, 0) is 22.7 Å². The highest BCUT2D eigenvalue weighted by atomic mass is 79.9. The van der Waals surface area contributed by atoms with Crippen LogP contribution in [0.25, 0.3) is 11.1 Å². The van der Waals surface area contributed by atoms with Gasteiger partial charge in [-0.25, -0.2) is 4.79 Å². The van der Waals surface area contributed by atoms with Gasteiger partial charge in [-0.2, -0.15) is 0 Å². The van der Waals surface area contributed by atoms with Crippen LogP contribution >= 0.6 is 39.0 Å². The summed E-state index contributed by atoms with van der Waals surface area (Å²) in [5, 5.41) is 14.3. The number of hydrogen-bond donors (Lipinski definition) is 1. The van der Waals surface area contributed by atoms with E-state index in [1.165, 1.54) is 30.2 Å². The maximum absolute atomic E-state index is 12.9. The summed E-state index contributed by atoms with van der Waals surface area (Å²) in [6, 6.07) is 13.6. The van der Waals surface area contributed by atoms with E-state index in [2.05, 4.69) is 31.4 Å². The van der Waals surface area contributed by atoms with Gasteiger partial charge < -0.3 is 19.4 Å². The predicted octanol–water partition coefficient (Wildman–Crippen LogP) is 6.50. The fraction of sp³-hybridized carbons (Fsp3) is 0.259. The number of amides is 1. The van der Waals surface area contributed by atoms with Crippen LogP contribution in [0.2, 0.25) is 0 Å². The maximum Gasteiger partial charge on any atom is 0.341 e. The Hall–Kier alpha value is -3.15. The van der Waals surface area contributed by atoms with Crippen molar-refractivity contribution in [2.75, 3.05) is 18.2 Å². The number of carbonyl (C=O) groups excluding carboxylic acids is 2. The topological polar surface area (TPSA) is 95.3 Å². The lowest BCUT2D eigenvalue weighted by Crippen LogP contribution is -2.16. The van der Waals surface area contributed by atoms with Crippen molar-refractivity contribution in [3.63, 3.8) is 0 Å². The zero-order chi connectivity index (χ0) is 27.2. The van der Waals surface area contributed by atoms with Crippen LogP contribution in [0.1, 0.15) is 34.2 Å². The molecule has 2 heterocycles. The lowest BCUT2D eigenvalue weighted by molar-refractivity contribution is -0.113. The number of thioether (sulfide) groups is 1. The van der Waals surface area contributed by atoms with Crippen molar-refractivity contribution in [1.29, 1.82) is 0 Å². The fourth-order valence-electron chi connectivity index (χ4n) is 3.80. The second kappa shape index (κ2) is 12.6. The molecule has 0 radical (unpaired) electrons. The standard InChI is InChI=1S/C27H27BrN4O4S2/c1-5-32-22(13-36-19-10-8-18(28)9-11-19)30-31-27(32)38-15-23(33)29-25-24(26(34)35-4)21(14-37-25)20-12-16(2)6-7-17(20)3/h6-12,14H,5,13,15H2,1-4H3,(H,29,33). The molecule has 0 saturated heterocycles. The number of hydrogen-bond acceptors (Lipinski definition) is 8. The molecular formula is C27H27BrN4O4S2. The molecule has 0 unspecified atom stereocenters. The third-order valence-corrected chi connectivity index (χ3v) is 8.13. The SMILES string of the molecule is CCn1c(COc2ccc(Br)cc2)nnc1SCC(=O)Nc1scc(-c2cc(C)ccc2C)c1C(=O)OC. The first-order valence-electron chi connectivity index (χ1n) is 11.8. The minimum Gasteiger partial charge on any atom is -0.486 e. The van der Waals surface area contributed by atoms with Gasteiger partial charge in [0, 0.05) is 22.0 Å². The van der Waals surface area contributed by atoms with Gasteiger partial charge in [-0.3, -0.25) is 4.79 Å². The van der Waals surface area contributed by atoms with Gasteiger partial charge in [0.2, 0.25) is 5.91 Å². The molecule has 11 heteroatoms. The summed E-state index contributed by atoms with van der Waals surface area (Å²) in [5.74, 6) is 0.745. The summed E-state index contributed by atoms with van der Waals surface area (Å²) >= 11 is 5.99. The number of anilines is 1. The van der Waals surface area contributed by atoms with Crippen LogP contribution in [0.15, 0.2) is 57.5 Å². The number of aromatic nitrogens is 3. The fourth-order valence-corrected chi connectivity index (χ4v) is 5.85. The number of esters is 1. The molecule has 0 atom stereocenters. The summed E-state index contributed by atoms with van der Waals surface area (Å²) in [6.07, 6.45) is 0. The average Bonchev–Trinajstić information content (AvgIpc) is 3.51. The third-order valence-electron chi connectivity index (χ3n) is 5.74. The Bertz CT molecular complexity index is 1450. The molecule has 38 heavy (non-hydrogen) atoms. The monoisotopic (exact) mass is 614 g/mol. The number of ether oxygens (including phenoxy) is 2. The number of nitrogens with zero attached hydrogens (tertiary/aromatic N) is 3. The summed E-state index contributed by atoms with van der Waals surface area (Å²) in [6.45, 7) is 6.87. The highest BCUT2D eigenvalue weighted by molar-refractivity contribution is 9.10. The van der Waals surface area contributed by atoms with Gasteiger partial charge in [0.1, 0.15) is 22.9 Å². The van der Waals surface area contributed by atoms with Gasteiger partial charge >= 0.3 is 5.97 Å². The summed E-state index contributed by atoms with van der Waals surface area (Å²) < 4.78 is 13.8. The van der Waals surface area contributed by atoms with Crippen LogP contribution in [-0.4, -0.2) is 39.5 Å². The molecule has 0 saturated carbocycles. The molecule has 0 aliphatic rings. The van der Waals surface area contributed by atoms with E-state index in [0.29, 0.717) is 28.1 Å². The van der Waals surface area contributed by atoms with E-state index in [-0.39, 0.29) is 18.3 Å². The first-order chi connectivity index (χ1) is 18.3. The van der Waals surface area contributed by atoms with Gasteiger partial charge in [-0.15, -0.1) is 21.5 Å². The molecule has 2 aromatic carbocycles. The molecule has 0 aliphatic heterocycles. The van der Waals surface area contributed by atoms with Crippen LogP contribution < -0.4 is 10.1 Å². The summed E-state index contributed by atoms with van der Waals surface area (Å²) in [4.78, 5) is 25.6. The second-order valence-electron chi connectivity index (χ2n) is 8.39. The van der Waals surface area contributed by atoms with Gasteiger partial charge in [0.25, 0.3) is 0 Å². The summed E-state index contributed by atoms with van der Waals surface area (Å²) in [7, 11) is 1.34. The summed E-state index contributed by atoms with van der Waals surface area (Å²) in [5.41, 5.74) is 4.15. The molecule has 0 fully saturated rings. The molecule has 2 aromatic heterocycles. The Morgan fingerprint density at radius 3 is 2.58 bits per heavy atom. The molecule has 0 aliphatic carbocycles. The molecule has 8 nitrogen and oxygen atoms in total. The predicted molar refractivity (Wildman–Crippen MR) is 154 cm³/mol. The number of nitrogens with one attached hydrogen (secondary N) is 1. The van der Waals surface area contributed by atoms with Crippen molar-refractivity contribution in [2.45, 2.75) is 39.1 Å². The van der Waals surface area contributed by atoms with E-state index in [1.54, 1.807) is 0 Å². The Morgan fingerprint density at radius 2 is 1.87 bits per heavy atom. The average molecular weight is 616 g/mol. The number of halogens is 1. The highest BCUT2D eigenvalue weighted by Crippen LogP contribution is 2.38. The van der Waals surface area contributed by atoms with Crippen LogP contribution in [0.3, 0.4) is 0 Å². The van der Waals surface area contributed by atoms with Crippen molar-refractivity contribution in [3.8, 4) is 16.9 Å². The number of methoxy groups -OCH3 is 1. The van der Waals surface area contributed by atoms with E-state index >= 15 is 0 Å². The normalized spacial score (nSPS) is 10.9. The molecule has 1 N–H and O–H groups in total. The van der Waals surface area contributed by atoms with Crippen LogP contribution in [0, 0.1) is 13.8 Å². The van der Waals surface area contributed by atoms with Gasteiger partial charge in [-0.05, 0) is 56.2 Å². The minimum atomic E-state index is -0.494. The lowest BCUT2D eigenvalue weighted by Gasteiger charge is -2.10. The van der Waals surface area contributed by atoms with Crippen LogP contribution in [0.5, 0.6) is 5.75 Å². The molecule has 1 amide bonds. The first-order valence-corrected chi connectivity index (χ1v) is 14.5. The molecule has 4 aromatic rings. The third kappa shape index (κ3) is 6.46. The zero-order valence-corrected chi connectivity index (χ0v) is 24.6. The first kappa shape index (κ1) is 27.9. The van der Waals surface area contributed by atoms with Crippen molar-refractivity contribution in [1.82, 2.24) is 14.8 Å². The Morgan fingerprint density at radius 1 is 1.11 bits per heavy atom. The molecule has 0 spiro atoms. The smallest absolute Gasteiger partial charge is 0.341 e. The Kier molecular flexibility index (Phi) is 9.24. The second-order valence-corrected chi connectivity index (χ2v) is 11.1. The van der Waals surface area contributed by atoms with E-state index in [9.17, 15) is 9.59 Å². The quantitative estimate of drug-likeness (QED) is 0.161. The number of carbonyl (C=O) groups is 2. The van der Waals surface area contributed by atoms with Crippen molar-refractivity contribution >= 4 is 55.9 Å². The van der Waals surface area contributed by atoms with Crippen molar-refractivity contribution in [3.05, 3.63) is 74.8 Å². The Balaban J connectivity index is 1.45. The number of aryl methyl sites for hydroxylation is 2.